The van der Waals surface area contributed by atoms with E-state index in [0.29, 0.717) is 5.69 Å². The first-order chi connectivity index (χ1) is 11.1. The number of halogens is 1. The molecule has 0 aliphatic carbocycles. The van der Waals surface area contributed by atoms with Crippen LogP contribution in [0.2, 0.25) is 0 Å². The number of aromatic nitrogens is 1. The maximum absolute atomic E-state index is 13.3. The van der Waals surface area contributed by atoms with Crippen molar-refractivity contribution < 1.29 is 18.7 Å². The molecule has 0 saturated heterocycles. The number of hydrogen-bond donors (Lipinski definition) is 0. The molecule has 0 fully saturated rings. The molecule has 1 amide bonds. The zero-order valence-electron chi connectivity index (χ0n) is 12.7. The number of amides is 1. The average Bonchev–Trinajstić information content (AvgIpc) is 2.58. The van der Waals surface area contributed by atoms with Gasteiger partial charge in [0.05, 0.1) is 25.8 Å². The third kappa shape index (κ3) is 4.88. The van der Waals surface area contributed by atoms with Crippen LogP contribution < -0.4 is 0 Å². The first-order valence-corrected chi connectivity index (χ1v) is 7.11. The van der Waals surface area contributed by atoms with Gasteiger partial charge in [0.25, 0.3) is 5.91 Å². The van der Waals surface area contributed by atoms with Crippen LogP contribution in [-0.4, -0.2) is 35.4 Å². The van der Waals surface area contributed by atoms with Gasteiger partial charge in [0.1, 0.15) is 5.82 Å². The molecule has 5 nitrogen and oxygen atoms in total. The van der Waals surface area contributed by atoms with E-state index in [1.807, 2.05) is 6.07 Å². The van der Waals surface area contributed by atoms with Crippen LogP contribution in [0.5, 0.6) is 0 Å². The number of carbonyl (C=O) groups is 2. The maximum atomic E-state index is 13.3. The van der Waals surface area contributed by atoms with Crippen molar-refractivity contribution >= 4 is 11.9 Å². The monoisotopic (exact) mass is 316 g/mol. The molecule has 2 rings (SSSR count). The molecule has 0 aliphatic rings. The predicted octanol–water partition coefficient (Wildman–Crippen LogP) is 2.43. The number of esters is 1. The summed E-state index contributed by atoms with van der Waals surface area (Å²) in [5, 5.41) is 0. The molecule has 0 spiro atoms. The fourth-order valence-corrected chi connectivity index (χ4v) is 2.07. The molecule has 0 aliphatic heterocycles. The van der Waals surface area contributed by atoms with Crippen molar-refractivity contribution in [2.24, 2.45) is 0 Å². The Balaban J connectivity index is 2.17. The summed E-state index contributed by atoms with van der Waals surface area (Å²) in [6, 6.07) is 10.8. The fourth-order valence-electron chi connectivity index (χ4n) is 2.07. The lowest BCUT2D eigenvalue weighted by Crippen LogP contribution is -2.33. The predicted molar refractivity (Wildman–Crippen MR) is 82.0 cm³/mol. The molecular weight excluding hydrogens is 299 g/mol. The second-order valence-corrected chi connectivity index (χ2v) is 4.88. The highest BCUT2D eigenvalue weighted by Crippen LogP contribution is 2.11. The van der Waals surface area contributed by atoms with Crippen LogP contribution >= 0.6 is 0 Å². The van der Waals surface area contributed by atoms with Crippen LogP contribution in [0, 0.1) is 5.82 Å². The van der Waals surface area contributed by atoms with Crippen LogP contribution in [0.4, 0.5) is 4.39 Å². The molecule has 120 valence electrons. The summed E-state index contributed by atoms with van der Waals surface area (Å²) < 4.78 is 17.9. The van der Waals surface area contributed by atoms with Crippen molar-refractivity contribution in [1.29, 1.82) is 0 Å². The van der Waals surface area contributed by atoms with Gasteiger partial charge in [0.2, 0.25) is 0 Å². The molecule has 0 saturated carbocycles. The van der Waals surface area contributed by atoms with Gasteiger partial charge in [0.15, 0.2) is 0 Å². The van der Waals surface area contributed by atoms with Crippen molar-refractivity contribution in [3.63, 3.8) is 0 Å². The van der Waals surface area contributed by atoms with Crippen molar-refractivity contribution in [3.8, 4) is 0 Å². The van der Waals surface area contributed by atoms with E-state index >= 15 is 0 Å². The average molecular weight is 316 g/mol. The van der Waals surface area contributed by atoms with Crippen LogP contribution in [0.3, 0.4) is 0 Å². The van der Waals surface area contributed by atoms with Crippen molar-refractivity contribution in [2.45, 2.75) is 13.0 Å². The number of rotatable bonds is 6. The quantitative estimate of drug-likeness (QED) is 0.768. The number of ether oxygens (including phenoxy) is 1. The van der Waals surface area contributed by atoms with E-state index in [1.165, 1.54) is 36.3 Å². The standard InChI is InChI=1S/C17H17FN2O3/c1-23-16(21)8-10-20(12-15-7-2-3-9-19-15)17(22)13-5-4-6-14(18)11-13/h2-7,9,11H,8,10,12H2,1H3. The van der Waals surface area contributed by atoms with Crippen LogP contribution in [0.25, 0.3) is 0 Å². The largest absolute Gasteiger partial charge is 0.469 e. The van der Waals surface area contributed by atoms with E-state index < -0.39 is 11.8 Å². The van der Waals surface area contributed by atoms with Gasteiger partial charge in [-0.05, 0) is 30.3 Å². The first-order valence-electron chi connectivity index (χ1n) is 7.11. The Morgan fingerprint density at radius 2 is 2.04 bits per heavy atom. The van der Waals surface area contributed by atoms with Crippen molar-refractivity contribution in [2.75, 3.05) is 13.7 Å². The van der Waals surface area contributed by atoms with E-state index in [2.05, 4.69) is 9.72 Å². The van der Waals surface area contributed by atoms with Gasteiger partial charge in [-0.3, -0.25) is 14.6 Å². The van der Waals surface area contributed by atoms with Gasteiger partial charge < -0.3 is 9.64 Å². The number of benzene rings is 1. The minimum Gasteiger partial charge on any atom is -0.469 e. The summed E-state index contributed by atoms with van der Waals surface area (Å²) in [6.07, 6.45) is 1.69. The maximum Gasteiger partial charge on any atom is 0.307 e. The summed E-state index contributed by atoms with van der Waals surface area (Å²) in [6.45, 7) is 0.395. The Kier molecular flexibility index (Phi) is 5.80. The minimum absolute atomic E-state index is 0.0599. The molecule has 0 bridgehead atoms. The smallest absolute Gasteiger partial charge is 0.307 e. The molecule has 23 heavy (non-hydrogen) atoms. The second kappa shape index (κ2) is 8.03. The lowest BCUT2D eigenvalue weighted by molar-refractivity contribution is -0.140. The summed E-state index contributed by atoms with van der Waals surface area (Å²) in [5.41, 5.74) is 0.910. The van der Waals surface area contributed by atoms with E-state index in [0.717, 1.165) is 0 Å². The van der Waals surface area contributed by atoms with Crippen molar-refractivity contribution in [1.82, 2.24) is 9.88 Å². The van der Waals surface area contributed by atoms with E-state index in [-0.39, 0.29) is 31.0 Å². The van der Waals surface area contributed by atoms with Crippen LogP contribution in [0.1, 0.15) is 22.5 Å². The fraction of sp³-hybridized carbons (Fsp3) is 0.235. The highest BCUT2D eigenvalue weighted by atomic mass is 19.1. The molecule has 0 unspecified atom stereocenters. The Labute approximate surface area is 133 Å². The van der Waals surface area contributed by atoms with Crippen LogP contribution in [-0.2, 0) is 16.1 Å². The number of pyridine rings is 1. The highest BCUT2D eigenvalue weighted by Gasteiger charge is 2.18. The minimum atomic E-state index is -0.485. The molecular formula is C17H17FN2O3. The second-order valence-electron chi connectivity index (χ2n) is 4.88. The molecule has 0 N–H and O–H groups in total. The summed E-state index contributed by atoms with van der Waals surface area (Å²) in [4.78, 5) is 29.6. The zero-order chi connectivity index (χ0) is 16.7. The molecule has 1 aromatic carbocycles. The number of hydrogen-bond acceptors (Lipinski definition) is 4. The highest BCUT2D eigenvalue weighted by molar-refractivity contribution is 5.94. The van der Waals surface area contributed by atoms with Gasteiger partial charge in [-0.15, -0.1) is 0 Å². The van der Waals surface area contributed by atoms with Crippen molar-refractivity contribution in [3.05, 3.63) is 65.7 Å². The molecule has 1 aromatic heterocycles. The van der Waals surface area contributed by atoms with E-state index in [4.69, 9.17) is 0 Å². The zero-order valence-corrected chi connectivity index (χ0v) is 12.7. The third-order valence-corrected chi connectivity index (χ3v) is 3.25. The van der Waals surface area contributed by atoms with Gasteiger partial charge in [0, 0.05) is 18.3 Å². The van der Waals surface area contributed by atoms with E-state index in [1.54, 1.807) is 18.3 Å². The molecule has 0 radical (unpaired) electrons. The SMILES string of the molecule is COC(=O)CCN(Cc1ccccn1)C(=O)c1cccc(F)c1. The Hall–Kier alpha value is -2.76. The van der Waals surface area contributed by atoms with Gasteiger partial charge >= 0.3 is 5.97 Å². The van der Waals surface area contributed by atoms with Gasteiger partial charge in [-0.1, -0.05) is 12.1 Å². The van der Waals surface area contributed by atoms with Gasteiger partial charge in [-0.2, -0.15) is 0 Å². The Morgan fingerprint density at radius 3 is 2.70 bits per heavy atom. The third-order valence-electron chi connectivity index (χ3n) is 3.25. The molecule has 0 atom stereocenters. The number of methoxy groups -OCH3 is 1. The summed E-state index contributed by atoms with van der Waals surface area (Å²) >= 11 is 0. The molecule has 6 heteroatoms. The summed E-state index contributed by atoms with van der Waals surface area (Å²) in [7, 11) is 1.29. The summed E-state index contributed by atoms with van der Waals surface area (Å²) in [5.74, 6) is -1.26. The van der Waals surface area contributed by atoms with E-state index in [9.17, 15) is 14.0 Å². The lowest BCUT2D eigenvalue weighted by atomic mass is 10.1. The lowest BCUT2D eigenvalue weighted by Gasteiger charge is -2.22. The molecule has 1 heterocycles. The van der Waals surface area contributed by atoms with Gasteiger partial charge in [-0.25, -0.2) is 4.39 Å². The topological polar surface area (TPSA) is 59.5 Å². The normalized spacial score (nSPS) is 10.2. The molecule has 2 aromatic rings. The van der Waals surface area contributed by atoms with Crippen LogP contribution in [0.15, 0.2) is 48.7 Å². The Morgan fingerprint density at radius 1 is 1.22 bits per heavy atom. The Bertz CT molecular complexity index is 677. The first kappa shape index (κ1) is 16.6. The number of nitrogens with zero attached hydrogens (tertiary/aromatic N) is 2. The number of carbonyl (C=O) groups excluding carboxylic acids is 2.